The molecule has 0 spiro atoms. The number of fused-ring (bicyclic) bond motifs is 3. The molecule has 0 saturated heterocycles. The fourth-order valence-electron chi connectivity index (χ4n) is 4.54. The summed E-state index contributed by atoms with van der Waals surface area (Å²) in [6.07, 6.45) is 6.46. The lowest BCUT2D eigenvalue weighted by Crippen LogP contribution is -2.41. The maximum atomic E-state index is 13.4. The Hall–Kier alpha value is -1.86. The number of aromatic nitrogens is 2. The quantitative estimate of drug-likeness (QED) is 0.809. The van der Waals surface area contributed by atoms with Gasteiger partial charge in [0.05, 0.1) is 10.9 Å². The van der Waals surface area contributed by atoms with Gasteiger partial charge in [-0.2, -0.15) is 0 Å². The zero-order chi connectivity index (χ0) is 19.2. The predicted molar refractivity (Wildman–Crippen MR) is 105 cm³/mol. The van der Waals surface area contributed by atoms with Crippen molar-refractivity contribution in [2.45, 2.75) is 76.8 Å². The standard InChI is InChI=1S/C20H27BN2O4/c1-13-7-8-15-17-16(9-10-20(2,27-17)11-12-21(25)26)19(24)23(18(15)22-13)14-5-3-4-6-14/h7-8,14,25-26H,3-6,9-12H2,1-2H3. The highest BCUT2D eigenvalue weighted by Gasteiger charge is 2.36. The molecule has 2 N–H and O–H groups in total. The number of rotatable bonds is 4. The SMILES string of the molecule is Cc1ccc2c3c(c(=O)n(C4CCCC4)c2n1)CCC(C)(CCB(O)O)O3. The summed E-state index contributed by atoms with van der Waals surface area (Å²) < 4.78 is 8.26. The van der Waals surface area contributed by atoms with Crippen LogP contribution in [0.15, 0.2) is 16.9 Å². The van der Waals surface area contributed by atoms with Crippen molar-refractivity contribution in [2.75, 3.05) is 0 Å². The molecule has 2 aromatic rings. The van der Waals surface area contributed by atoms with Crippen molar-refractivity contribution in [3.05, 3.63) is 33.7 Å². The van der Waals surface area contributed by atoms with Gasteiger partial charge in [0.2, 0.25) is 0 Å². The van der Waals surface area contributed by atoms with E-state index in [1.165, 1.54) is 0 Å². The second kappa shape index (κ2) is 6.95. The Morgan fingerprint density at radius 3 is 2.78 bits per heavy atom. The minimum absolute atomic E-state index is 0.0340. The number of hydrogen-bond donors (Lipinski definition) is 2. The average molecular weight is 370 g/mol. The van der Waals surface area contributed by atoms with Gasteiger partial charge in [0.25, 0.3) is 5.56 Å². The normalized spacial score (nSPS) is 22.7. The van der Waals surface area contributed by atoms with Gasteiger partial charge in [-0.1, -0.05) is 12.8 Å². The van der Waals surface area contributed by atoms with E-state index < -0.39 is 12.7 Å². The Labute approximate surface area is 159 Å². The molecule has 144 valence electrons. The van der Waals surface area contributed by atoms with Gasteiger partial charge in [-0.3, -0.25) is 9.36 Å². The van der Waals surface area contributed by atoms with Crippen LogP contribution >= 0.6 is 0 Å². The Kier molecular flexibility index (Phi) is 4.76. The first kappa shape index (κ1) is 18.5. The van der Waals surface area contributed by atoms with Crippen LogP contribution in [-0.4, -0.2) is 32.3 Å². The molecule has 0 amide bonds. The van der Waals surface area contributed by atoms with Gasteiger partial charge in [-0.15, -0.1) is 0 Å². The molecule has 4 rings (SSSR count). The monoisotopic (exact) mass is 370 g/mol. The van der Waals surface area contributed by atoms with Crippen molar-refractivity contribution >= 4 is 18.2 Å². The molecule has 2 aromatic heterocycles. The molecular weight excluding hydrogens is 343 g/mol. The second-order valence-corrected chi connectivity index (χ2v) is 8.32. The van der Waals surface area contributed by atoms with E-state index in [0.717, 1.165) is 48.0 Å². The Bertz CT molecular complexity index is 920. The van der Waals surface area contributed by atoms with Gasteiger partial charge in [-0.25, -0.2) is 4.98 Å². The molecule has 6 nitrogen and oxygen atoms in total. The summed E-state index contributed by atoms with van der Waals surface area (Å²) in [7, 11) is -1.34. The lowest BCUT2D eigenvalue weighted by atomic mass is 9.77. The second-order valence-electron chi connectivity index (χ2n) is 8.32. The van der Waals surface area contributed by atoms with Crippen LogP contribution in [0.25, 0.3) is 11.0 Å². The van der Waals surface area contributed by atoms with Gasteiger partial charge in [0, 0.05) is 11.7 Å². The lowest BCUT2D eigenvalue weighted by Gasteiger charge is -2.37. The molecule has 1 aliphatic carbocycles. The van der Waals surface area contributed by atoms with Crippen LogP contribution in [0.4, 0.5) is 0 Å². The van der Waals surface area contributed by atoms with Crippen LogP contribution in [0.5, 0.6) is 5.75 Å². The summed E-state index contributed by atoms with van der Waals surface area (Å²) in [5, 5.41) is 19.4. The first-order chi connectivity index (χ1) is 12.9. The number of aryl methyl sites for hydroxylation is 1. The fourth-order valence-corrected chi connectivity index (χ4v) is 4.54. The molecule has 0 bridgehead atoms. The third-order valence-electron chi connectivity index (χ3n) is 6.11. The van der Waals surface area contributed by atoms with E-state index in [1.54, 1.807) is 0 Å². The number of hydrogen-bond acceptors (Lipinski definition) is 5. The molecular formula is C20H27BN2O4. The van der Waals surface area contributed by atoms with Crippen molar-refractivity contribution in [3.8, 4) is 5.75 Å². The highest BCUT2D eigenvalue weighted by molar-refractivity contribution is 6.40. The van der Waals surface area contributed by atoms with Gasteiger partial charge in [0.15, 0.2) is 0 Å². The molecule has 1 saturated carbocycles. The van der Waals surface area contributed by atoms with E-state index in [2.05, 4.69) is 0 Å². The molecule has 0 radical (unpaired) electrons. The molecule has 27 heavy (non-hydrogen) atoms. The Morgan fingerprint density at radius 1 is 1.33 bits per heavy atom. The maximum Gasteiger partial charge on any atom is 0.451 e. The number of ether oxygens (including phenoxy) is 1. The van der Waals surface area contributed by atoms with Crippen LogP contribution < -0.4 is 10.3 Å². The average Bonchev–Trinajstić information content (AvgIpc) is 3.14. The van der Waals surface area contributed by atoms with Crippen molar-refractivity contribution in [1.82, 2.24) is 9.55 Å². The Morgan fingerprint density at radius 2 is 2.07 bits per heavy atom. The zero-order valence-corrected chi connectivity index (χ0v) is 16.1. The maximum absolute atomic E-state index is 13.4. The topological polar surface area (TPSA) is 84.6 Å². The highest BCUT2D eigenvalue weighted by atomic mass is 16.5. The van der Waals surface area contributed by atoms with E-state index in [1.807, 2.05) is 30.5 Å². The molecule has 1 aliphatic heterocycles. The van der Waals surface area contributed by atoms with Gasteiger partial charge in [0.1, 0.15) is 17.0 Å². The number of pyridine rings is 2. The van der Waals surface area contributed by atoms with Crippen LogP contribution in [0.1, 0.15) is 62.7 Å². The van der Waals surface area contributed by atoms with Crippen molar-refractivity contribution in [3.63, 3.8) is 0 Å². The molecule has 0 aromatic carbocycles. The summed E-state index contributed by atoms with van der Waals surface area (Å²) in [6.45, 7) is 3.92. The first-order valence-electron chi connectivity index (χ1n) is 9.98. The van der Waals surface area contributed by atoms with Crippen molar-refractivity contribution in [1.29, 1.82) is 0 Å². The summed E-state index contributed by atoms with van der Waals surface area (Å²) >= 11 is 0. The van der Waals surface area contributed by atoms with Gasteiger partial charge in [-0.05, 0) is 64.4 Å². The summed E-state index contributed by atoms with van der Waals surface area (Å²) in [4.78, 5) is 18.1. The summed E-state index contributed by atoms with van der Waals surface area (Å²) in [5.74, 6) is 0.637. The zero-order valence-electron chi connectivity index (χ0n) is 16.1. The predicted octanol–water partition coefficient (Wildman–Crippen LogP) is 2.77. The van der Waals surface area contributed by atoms with Crippen LogP contribution in [-0.2, 0) is 6.42 Å². The third-order valence-corrected chi connectivity index (χ3v) is 6.11. The van der Waals surface area contributed by atoms with Crippen LogP contribution in [0.3, 0.4) is 0 Å². The molecule has 1 fully saturated rings. The molecule has 7 heteroatoms. The molecule has 1 unspecified atom stereocenters. The highest BCUT2D eigenvalue weighted by Crippen LogP contribution is 2.40. The first-order valence-corrected chi connectivity index (χ1v) is 9.98. The summed E-state index contributed by atoms with van der Waals surface area (Å²) in [6, 6.07) is 4.19. The molecule has 1 atom stereocenters. The fraction of sp³-hybridized carbons (Fsp3) is 0.600. The Balaban J connectivity index is 1.85. The van der Waals surface area contributed by atoms with E-state index in [9.17, 15) is 14.8 Å². The van der Waals surface area contributed by atoms with Crippen LogP contribution in [0.2, 0.25) is 6.32 Å². The lowest BCUT2D eigenvalue weighted by molar-refractivity contribution is 0.0606. The molecule has 2 aliphatic rings. The summed E-state index contributed by atoms with van der Waals surface area (Å²) in [5.41, 5.74) is 1.86. The van der Waals surface area contributed by atoms with E-state index in [-0.39, 0.29) is 17.9 Å². The van der Waals surface area contributed by atoms with Crippen molar-refractivity contribution < 1.29 is 14.8 Å². The van der Waals surface area contributed by atoms with Gasteiger partial charge >= 0.3 is 7.12 Å². The van der Waals surface area contributed by atoms with E-state index in [0.29, 0.717) is 25.0 Å². The van der Waals surface area contributed by atoms with E-state index >= 15 is 0 Å². The van der Waals surface area contributed by atoms with Crippen molar-refractivity contribution in [2.24, 2.45) is 0 Å². The minimum atomic E-state index is -1.34. The smallest absolute Gasteiger partial charge is 0.451 e. The largest absolute Gasteiger partial charge is 0.486 e. The van der Waals surface area contributed by atoms with Gasteiger partial charge < -0.3 is 14.8 Å². The van der Waals surface area contributed by atoms with Crippen LogP contribution in [0, 0.1) is 6.92 Å². The molecule has 3 heterocycles. The third kappa shape index (κ3) is 3.38. The number of nitrogens with zero attached hydrogens (tertiary/aromatic N) is 2. The minimum Gasteiger partial charge on any atom is -0.486 e. The van der Waals surface area contributed by atoms with E-state index in [4.69, 9.17) is 9.72 Å².